The molecule has 2 aromatic heterocycles. The maximum Gasteiger partial charge on any atom is 0.225 e. The molecule has 2 heterocycles. The van der Waals surface area contributed by atoms with Crippen LogP contribution in [-0.4, -0.2) is 22.4 Å². The molecule has 0 aliphatic heterocycles. The number of nitrogens with one attached hydrogen (secondary N) is 1. The fourth-order valence-electron chi connectivity index (χ4n) is 2.64. The van der Waals surface area contributed by atoms with Gasteiger partial charge in [0.05, 0.1) is 7.11 Å². The molecule has 1 N–H and O–H groups in total. The summed E-state index contributed by atoms with van der Waals surface area (Å²) in [5, 5.41) is 3.02. The Balaban J connectivity index is 2.12. The van der Waals surface area contributed by atoms with Crippen LogP contribution in [0.1, 0.15) is 25.3 Å². The van der Waals surface area contributed by atoms with Gasteiger partial charge in [0.25, 0.3) is 0 Å². The Bertz CT molecular complexity index is 866. The van der Waals surface area contributed by atoms with Crippen molar-refractivity contribution >= 4 is 17.4 Å². The molecule has 3 aromatic rings. The molecular formula is C19H21N3O2. The molecule has 3 rings (SSSR count). The summed E-state index contributed by atoms with van der Waals surface area (Å²) in [5.74, 6) is 1.49. The zero-order chi connectivity index (χ0) is 17.1. The molecule has 0 aliphatic carbocycles. The van der Waals surface area contributed by atoms with Crippen LogP contribution < -0.4 is 10.1 Å². The molecule has 5 nitrogen and oxygen atoms in total. The van der Waals surface area contributed by atoms with Crippen molar-refractivity contribution in [3.05, 3.63) is 48.2 Å². The van der Waals surface area contributed by atoms with Crippen molar-refractivity contribution in [3.8, 4) is 17.0 Å². The van der Waals surface area contributed by atoms with Crippen molar-refractivity contribution in [1.29, 1.82) is 0 Å². The highest BCUT2D eigenvalue weighted by molar-refractivity contribution is 5.94. The van der Waals surface area contributed by atoms with E-state index >= 15 is 0 Å². The van der Waals surface area contributed by atoms with E-state index in [1.54, 1.807) is 7.11 Å². The number of pyridine rings is 1. The Labute approximate surface area is 141 Å². The molecule has 1 amide bonds. The molecule has 0 fully saturated rings. The van der Waals surface area contributed by atoms with Crippen LogP contribution in [0.15, 0.2) is 42.6 Å². The van der Waals surface area contributed by atoms with Crippen LogP contribution in [0.4, 0.5) is 5.82 Å². The number of imidazole rings is 1. The summed E-state index contributed by atoms with van der Waals surface area (Å²) in [6, 6.07) is 11.6. The van der Waals surface area contributed by atoms with Crippen LogP contribution >= 0.6 is 0 Å². The quantitative estimate of drug-likeness (QED) is 0.770. The molecule has 0 bridgehead atoms. The number of hydrogen-bond donors (Lipinski definition) is 1. The second kappa shape index (κ2) is 6.74. The maximum absolute atomic E-state index is 12.2. The molecule has 0 radical (unpaired) electrons. The van der Waals surface area contributed by atoms with Gasteiger partial charge in [-0.05, 0) is 49.2 Å². The van der Waals surface area contributed by atoms with Gasteiger partial charge in [0.15, 0.2) is 0 Å². The highest BCUT2D eigenvalue weighted by Crippen LogP contribution is 2.30. The Hall–Kier alpha value is -2.82. The zero-order valence-corrected chi connectivity index (χ0v) is 14.2. The first-order chi connectivity index (χ1) is 11.6. The van der Waals surface area contributed by atoms with Gasteiger partial charge in [0, 0.05) is 18.2 Å². The first-order valence-corrected chi connectivity index (χ1v) is 8.05. The number of aromatic nitrogens is 2. The van der Waals surface area contributed by atoms with Crippen molar-refractivity contribution in [2.45, 2.75) is 26.7 Å². The number of rotatable bonds is 5. The lowest BCUT2D eigenvalue weighted by Gasteiger charge is -2.08. The molecule has 0 unspecified atom stereocenters. The number of fused-ring (bicyclic) bond motifs is 1. The van der Waals surface area contributed by atoms with Crippen LogP contribution in [0.5, 0.6) is 5.75 Å². The van der Waals surface area contributed by atoms with E-state index in [4.69, 9.17) is 9.72 Å². The Morgan fingerprint density at radius 2 is 1.96 bits per heavy atom. The average Bonchev–Trinajstić information content (AvgIpc) is 2.93. The van der Waals surface area contributed by atoms with E-state index in [9.17, 15) is 4.79 Å². The monoisotopic (exact) mass is 323 g/mol. The number of ether oxygens (including phenoxy) is 1. The second-order valence-electron chi connectivity index (χ2n) is 5.77. The van der Waals surface area contributed by atoms with Gasteiger partial charge in [-0.15, -0.1) is 0 Å². The number of hydrogen-bond acceptors (Lipinski definition) is 3. The summed E-state index contributed by atoms with van der Waals surface area (Å²) >= 11 is 0. The van der Waals surface area contributed by atoms with Gasteiger partial charge in [-0.25, -0.2) is 4.98 Å². The number of amides is 1. The Morgan fingerprint density at radius 3 is 2.62 bits per heavy atom. The first kappa shape index (κ1) is 16.1. The summed E-state index contributed by atoms with van der Waals surface area (Å²) in [6.07, 6.45) is 3.28. The summed E-state index contributed by atoms with van der Waals surface area (Å²) in [7, 11) is 1.64. The smallest absolute Gasteiger partial charge is 0.225 e. The van der Waals surface area contributed by atoms with Gasteiger partial charge in [-0.1, -0.05) is 13.0 Å². The van der Waals surface area contributed by atoms with Crippen molar-refractivity contribution in [1.82, 2.24) is 9.38 Å². The van der Waals surface area contributed by atoms with Gasteiger partial charge < -0.3 is 10.1 Å². The van der Waals surface area contributed by atoms with Crippen molar-refractivity contribution in [3.63, 3.8) is 0 Å². The molecule has 124 valence electrons. The Kier molecular flexibility index (Phi) is 4.51. The van der Waals surface area contributed by atoms with Gasteiger partial charge in [0.1, 0.15) is 22.9 Å². The normalized spacial score (nSPS) is 10.8. The number of carbonyl (C=O) groups excluding carboxylic acids is 1. The fraction of sp³-hybridized carbons (Fsp3) is 0.263. The predicted octanol–water partition coefficient (Wildman–Crippen LogP) is 4.06. The third-order valence-electron chi connectivity index (χ3n) is 3.86. The van der Waals surface area contributed by atoms with Crippen molar-refractivity contribution in [2.24, 2.45) is 0 Å². The minimum Gasteiger partial charge on any atom is -0.497 e. The average molecular weight is 323 g/mol. The summed E-state index contributed by atoms with van der Waals surface area (Å²) < 4.78 is 7.14. The fourth-order valence-corrected chi connectivity index (χ4v) is 2.64. The Morgan fingerprint density at radius 1 is 1.21 bits per heavy atom. The molecule has 24 heavy (non-hydrogen) atoms. The second-order valence-corrected chi connectivity index (χ2v) is 5.77. The first-order valence-electron chi connectivity index (χ1n) is 8.05. The molecular weight excluding hydrogens is 302 g/mol. The van der Waals surface area contributed by atoms with Gasteiger partial charge >= 0.3 is 0 Å². The minimum absolute atomic E-state index is 0.00410. The summed E-state index contributed by atoms with van der Waals surface area (Å²) in [4.78, 5) is 16.9. The third kappa shape index (κ3) is 3.11. The topological polar surface area (TPSA) is 55.6 Å². The van der Waals surface area contributed by atoms with E-state index in [0.717, 1.165) is 34.6 Å². The summed E-state index contributed by atoms with van der Waals surface area (Å²) in [5.41, 5.74) is 3.60. The van der Waals surface area contributed by atoms with Crippen LogP contribution in [-0.2, 0) is 4.79 Å². The zero-order valence-electron chi connectivity index (χ0n) is 14.2. The molecule has 5 heteroatoms. The SMILES string of the molecule is CCCC(=O)Nc1c(-c2ccc(OC)cc2)nc2ccc(C)cn12. The van der Waals surface area contributed by atoms with Gasteiger partial charge in [-0.3, -0.25) is 9.20 Å². The van der Waals surface area contributed by atoms with E-state index in [2.05, 4.69) is 5.32 Å². The molecule has 0 aliphatic rings. The number of nitrogens with zero attached hydrogens (tertiary/aromatic N) is 2. The highest BCUT2D eigenvalue weighted by Gasteiger charge is 2.16. The molecule has 0 saturated heterocycles. The van der Waals surface area contributed by atoms with Crippen LogP contribution in [0, 0.1) is 6.92 Å². The molecule has 1 aromatic carbocycles. The lowest BCUT2D eigenvalue weighted by Crippen LogP contribution is -2.13. The van der Waals surface area contributed by atoms with E-state index in [1.165, 1.54) is 0 Å². The summed E-state index contributed by atoms with van der Waals surface area (Å²) in [6.45, 7) is 4.01. The largest absolute Gasteiger partial charge is 0.497 e. The number of aryl methyl sites for hydroxylation is 1. The standard InChI is InChI=1S/C19H21N3O2/c1-4-5-17(23)21-19-18(14-7-9-15(24-3)10-8-14)20-16-11-6-13(2)12-22(16)19/h6-12H,4-5H2,1-3H3,(H,21,23). The molecule has 0 saturated carbocycles. The number of methoxy groups -OCH3 is 1. The number of benzene rings is 1. The van der Waals surface area contributed by atoms with Crippen LogP contribution in [0.2, 0.25) is 0 Å². The van der Waals surface area contributed by atoms with E-state index < -0.39 is 0 Å². The van der Waals surface area contributed by atoms with Gasteiger partial charge in [0.2, 0.25) is 5.91 Å². The number of anilines is 1. The lowest BCUT2D eigenvalue weighted by molar-refractivity contribution is -0.116. The minimum atomic E-state index is -0.00410. The molecule has 0 spiro atoms. The van der Waals surface area contributed by atoms with Crippen molar-refractivity contribution in [2.75, 3.05) is 12.4 Å². The maximum atomic E-state index is 12.2. The van der Waals surface area contributed by atoms with E-state index in [0.29, 0.717) is 12.2 Å². The molecule has 0 atom stereocenters. The predicted molar refractivity (Wildman–Crippen MR) is 95.5 cm³/mol. The van der Waals surface area contributed by atoms with Crippen LogP contribution in [0.25, 0.3) is 16.9 Å². The van der Waals surface area contributed by atoms with Crippen LogP contribution in [0.3, 0.4) is 0 Å². The van der Waals surface area contributed by atoms with E-state index in [-0.39, 0.29) is 5.91 Å². The van der Waals surface area contributed by atoms with Crippen molar-refractivity contribution < 1.29 is 9.53 Å². The third-order valence-corrected chi connectivity index (χ3v) is 3.86. The lowest BCUT2D eigenvalue weighted by atomic mass is 10.1. The highest BCUT2D eigenvalue weighted by atomic mass is 16.5. The van der Waals surface area contributed by atoms with E-state index in [1.807, 2.05) is 60.8 Å². The number of carbonyl (C=O) groups is 1. The van der Waals surface area contributed by atoms with Gasteiger partial charge in [-0.2, -0.15) is 0 Å².